The van der Waals surface area contributed by atoms with E-state index in [4.69, 9.17) is 29.8 Å². The number of carbonyl (C=O) groups excluding carboxylic acids is 2. The van der Waals surface area contributed by atoms with Gasteiger partial charge in [0.05, 0.1) is 79.6 Å². The molecule has 3 aliphatic heterocycles. The maximum Gasteiger partial charge on any atom is 0.339 e. The summed E-state index contributed by atoms with van der Waals surface area (Å²) < 4.78 is 27.8. The molecule has 2 fully saturated rings. The van der Waals surface area contributed by atoms with Gasteiger partial charge in [0.1, 0.15) is 29.4 Å². The van der Waals surface area contributed by atoms with Crippen LogP contribution in [0, 0.1) is 17.8 Å². The van der Waals surface area contributed by atoms with Gasteiger partial charge in [0, 0.05) is 44.4 Å². The summed E-state index contributed by atoms with van der Waals surface area (Å²) in [4.78, 5) is 46.3. The van der Waals surface area contributed by atoms with Gasteiger partial charge in [0.25, 0.3) is 0 Å². The number of para-hydroxylation sites is 1. The van der Waals surface area contributed by atoms with Gasteiger partial charge < -0.3 is 90.7 Å². The number of aliphatic carboxylic acids is 1. The van der Waals surface area contributed by atoms with Gasteiger partial charge in [-0.3, -0.25) is 14.4 Å². The fourth-order valence-corrected chi connectivity index (χ4v) is 8.86. The molecule has 1 aromatic carbocycles. The number of rotatable bonds is 5. The molecule has 1 aromatic rings. The summed E-state index contributed by atoms with van der Waals surface area (Å²) in [5.74, 6) is -8.40. The fourth-order valence-electron chi connectivity index (χ4n) is 8.86. The number of fused-ring (bicyclic) bond motifs is 2. The van der Waals surface area contributed by atoms with Crippen LogP contribution in [0.25, 0.3) is 0 Å². The molecule has 14 N–H and O–H groups in total. The number of aliphatic hydroxyl groups excluding tert-OH is 9. The highest BCUT2D eigenvalue weighted by Gasteiger charge is 2.51. The van der Waals surface area contributed by atoms with Crippen molar-refractivity contribution in [1.82, 2.24) is 0 Å². The summed E-state index contributed by atoms with van der Waals surface area (Å²) in [7, 11) is 0. The third-order valence-electron chi connectivity index (χ3n) is 13.4. The Bertz CT molecular complexity index is 2250. The van der Waals surface area contributed by atoms with Crippen molar-refractivity contribution in [1.29, 1.82) is 0 Å². The van der Waals surface area contributed by atoms with Crippen LogP contribution in [0.5, 0.6) is 5.75 Å². The molecule has 436 valence electrons. The fraction of sp³-hybridized carbons (Fsp3) is 0.571. The first-order valence-electron chi connectivity index (χ1n) is 25.9. The van der Waals surface area contributed by atoms with Crippen molar-refractivity contribution in [3.63, 3.8) is 0 Å². The first kappa shape index (κ1) is 67.0. The Morgan fingerprint density at radius 1 is 0.654 bits per heavy atom. The Balaban J connectivity index is 0.00000107. The number of nitrogens with two attached hydrogens (primary N) is 1. The van der Waals surface area contributed by atoms with Crippen molar-refractivity contribution in [2.45, 2.75) is 183 Å². The molecular formula is C56H81NO21. The minimum Gasteiger partial charge on any atom is -0.481 e. The van der Waals surface area contributed by atoms with E-state index in [1.165, 1.54) is 32.1 Å². The molecule has 0 amide bonds. The van der Waals surface area contributed by atoms with E-state index in [1.54, 1.807) is 92.8 Å². The third kappa shape index (κ3) is 22.8. The smallest absolute Gasteiger partial charge is 0.339 e. The summed E-state index contributed by atoms with van der Waals surface area (Å²) in [5, 5.41) is 127. The second kappa shape index (κ2) is 33.3. The largest absolute Gasteiger partial charge is 0.481 e. The Kier molecular flexibility index (Phi) is 28.6. The number of ether oxygens (including phenoxy) is 5. The van der Waals surface area contributed by atoms with E-state index in [2.05, 4.69) is 4.74 Å². The van der Waals surface area contributed by atoms with E-state index in [0.29, 0.717) is 0 Å². The predicted molar refractivity (Wildman–Crippen MR) is 282 cm³/mol. The number of carboxylic acids is 2. The molecule has 0 aromatic heterocycles. The van der Waals surface area contributed by atoms with Crippen LogP contribution in [-0.2, 0) is 33.3 Å². The van der Waals surface area contributed by atoms with Gasteiger partial charge in [0.2, 0.25) is 0 Å². The number of carboxylic acid groups (broad SMARTS) is 2. The summed E-state index contributed by atoms with van der Waals surface area (Å²) in [5.41, 5.74) is 6.00. The normalized spacial score (nSPS) is 39.5. The van der Waals surface area contributed by atoms with E-state index in [-0.39, 0.29) is 42.9 Å². The highest BCUT2D eigenvalue weighted by molar-refractivity contribution is 5.91. The SMILES string of the molecule is CC(=O)Oc1ccccc1C(=O)O.C[C@@H]1[C@H](O)[C@@H](C)/C=C/C=C/C=C/C=C/C=C/C=C/C=C/[C@H](O[C@@H]2O[C@H](C)[C@@H](O)[C@H](N)[C@@H]2O)C[C@@H]2O[C@](O)(C[C@@H](O)C[C@@H](O)[C@H](O)CC[C@@H](O)C[C@@H](O)CC(=O)O[C@H]1C)C[C@H](O)[C@H]2C(=O)O. The number of carbonyl (C=O) groups is 4. The Hall–Kier alpha value is -5.28. The minimum absolute atomic E-state index is 0.0160. The molecule has 0 unspecified atom stereocenters. The third-order valence-corrected chi connectivity index (χ3v) is 13.4. The number of cyclic esters (lactones) is 1. The first-order valence-corrected chi connectivity index (χ1v) is 25.9. The lowest BCUT2D eigenvalue weighted by Gasteiger charge is -2.45. The van der Waals surface area contributed by atoms with Crippen LogP contribution in [-0.4, -0.2) is 183 Å². The average molecular weight is 1100 g/mol. The Labute approximate surface area is 454 Å². The van der Waals surface area contributed by atoms with E-state index in [1.807, 2.05) is 19.1 Å². The van der Waals surface area contributed by atoms with Gasteiger partial charge in [-0.15, -0.1) is 0 Å². The van der Waals surface area contributed by atoms with Crippen LogP contribution < -0.4 is 10.5 Å². The Morgan fingerprint density at radius 2 is 1.23 bits per heavy atom. The molecule has 0 radical (unpaired) electrons. The van der Waals surface area contributed by atoms with Gasteiger partial charge in [-0.1, -0.05) is 111 Å². The van der Waals surface area contributed by atoms with Crippen molar-refractivity contribution < 1.29 is 104 Å². The standard InChI is InChI=1S/C47H73NO17.C9H8O4/c1-27-17-15-13-11-9-7-5-6-8-10-12-14-16-18-34(64-46-44(58)41(48)43(57)30(4)63-46)24-38-40(45(59)60)37(54)26-47(61,65-38)25-33(51)22-36(53)35(52)20-19-31(49)21-32(50)23-39(55)62-29(3)28(2)42(27)56;1-6(10)13-8-5-3-2-4-7(8)9(11)12/h5-18,27-38,40-44,46,49-54,56-58,61H,19-26,48H2,1-4H3,(H,59,60);2-5H,1H3,(H,11,12)/b6-5+,9-7+,10-8+,13-11+,14-12+,17-15+,18-16+;/t27-,28-,29-,30+,31+,32+,33-,34-,35+,36+,37-,38-,40+,41-,42+,43+,44-,46-,47+;/m0./s1. The average Bonchev–Trinajstić information content (AvgIpc) is 3.35. The number of hydrogen-bond donors (Lipinski definition) is 13. The quantitative estimate of drug-likeness (QED) is 0.148. The minimum atomic E-state index is -2.33. The van der Waals surface area contributed by atoms with Crippen LogP contribution >= 0.6 is 0 Å². The van der Waals surface area contributed by atoms with Crippen molar-refractivity contribution in [3.8, 4) is 5.75 Å². The highest BCUT2D eigenvalue weighted by atomic mass is 16.7. The van der Waals surface area contributed by atoms with E-state index >= 15 is 0 Å². The maximum absolute atomic E-state index is 12.6. The molecule has 4 rings (SSSR count). The molecular weight excluding hydrogens is 1020 g/mol. The monoisotopic (exact) mass is 1100 g/mol. The van der Waals surface area contributed by atoms with Crippen LogP contribution in [0.3, 0.4) is 0 Å². The Morgan fingerprint density at radius 3 is 1.81 bits per heavy atom. The van der Waals surface area contributed by atoms with Crippen LogP contribution in [0.1, 0.15) is 96.3 Å². The summed E-state index contributed by atoms with van der Waals surface area (Å²) >= 11 is 0. The van der Waals surface area contributed by atoms with E-state index in [9.17, 15) is 75.3 Å². The molecule has 22 heteroatoms. The van der Waals surface area contributed by atoms with Gasteiger partial charge in [0.15, 0.2) is 12.1 Å². The van der Waals surface area contributed by atoms with Crippen molar-refractivity contribution in [2.75, 3.05) is 0 Å². The van der Waals surface area contributed by atoms with Crippen LogP contribution in [0.15, 0.2) is 109 Å². The molecule has 2 saturated heterocycles. The number of aliphatic hydroxyl groups is 10. The van der Waals surface area contributed by atoms with E-state index < -0.39 is 159 Å². The lowest BCUT2D eigenvalue weighted by atomic mass is 9.82. The van der Waals surface area contributed by atoms with Gasteiger partial charge in [-0.2, -0.15) is 0 Å². The topological polar surface area (TPSA) is 383 Å². The number of hydrogen-bond acceptors (Lipinski definition) is 20. The molecule has 0 saturated carbocycles. The number of esters is 2. The number of aromatic carboxylic acids is 1. The van der Waals surface area contributed by atoms with Crippen molar-refractivity contribution in [2.24, 2.45) is 23.5 Å². The summed E-state index contributed by atoms with van der Waals surface area (Å²) in [6.07, 6.45) is 3.46. The van der Waals surface area contributed by atoms with Crippen LogP contribution in [0.2, 0.25) is 0 Å². The molecule has 78 heavy (non-hydrogen) atoms. The van der Waals surface area contributed by atoms with Gasteiger partial charge in [-0.05, 0) is 45.2 Å². The summed E-state index contributed by atoms with van der Waals surface area (Å²) in [6, 6.07) is 4.83. The molecule has 2 bridgehead atoms. The summed E-state index contributed by atoms with van der Waals surface area (Å²) in [6.45, 7) is 7.96. The zero-order valence-electron chi connectivity index (χ0n) is 44.6. The molecule has 0 spiro atoms. The first-order chi connectivity index (χ1) is 36.7. The number of allylic oxidation sites excluding steroid dienone is 12. The van der Waals surface area contributed by atoms with Gasteiger partial charge in [-0.25, -0.2) is 4.79 Å². The van der Waals surface area contributed by atoms with E-state index in [0.717, 1.165) is 0 Å². The second-order valence-corrected chi connectivity index (χ2v) is 20.0. The number of benzene rings is 1. The zero-order chi connectivity index (χ0) is 58.3. The van der Waals surface area contributed by atoms with Crippen molar-refractivity contribution in [3.05, 3.63) is 115 Å². The lowest BCUT2D eigenvalue weighted by molar-refractivity contribution is -0.308. The molecule has 3 heterocycles. The predicted octanol–water partition coefficient (Wildman–Crippen LogP) is 2.02. The maximum atomic E-state index is 12.6. The lowest BCUT2D eigenvalue weighted by Crippen LogP contribution is -2.61. The molecule has 0 aliphatic carbocycles. The second-order valence-electron chi connectivity index (χ2n) is 20.0. The highest BCUT2D eigenvalue weighted by Crippen LogP contribution is 2.38. The molecule has 22 nitrogen and oxygen atoms in total. The molecule has 19 atom stereocenters. The zero-order valence-corrected chi connectivity index (χ0v) is 44.6. The van der Waals surface area contributed by atoms with Crippen LogP contribution in [0.4, 0.5) is 0 Å². The van der Waals surface area contributed by atoms with Gasteiger partial charge >= 0.3 is 23.9 Å². The molecule has 3 aliphatic rings. The van der Waals surface area contributed by atoms with Crippen molar-refractivity contribution >= 4 is 23.9 Å².